The Morgan fingerprint density at radius 1 is 1.42 bits per heavy atom. The summed E-state index contributed by atoms with van der Waals surface area (Å²) < 4.78 is 6.20. The molecule has 0 N–H and O–H groups in total. The lowest BCUT2D eigenvalue weighted by Crippen LogP contribution is -2.44. The number of carbonyl (C=O) groups is 1. The number of nitrogens with zero attached hydrogens (tertiary/aromatic N) is 1. The maximum atomic E-state index is 12.0. The Hall–Kier alpha value is -1.22. The van der Waals surface area contributed by atoms with E-state index in [-0.39, 0.29) is 11.5 Å². The first-order chi connectivity index (χ1) is 9.10. The van der Waals surface area contributed by atoms with Crippen molar-refractivity contribution in [2.24, 2.45) is 0 Å². The van der Waals surface area contributed by atoms with Gasteiger partial charge in [0.25, 0.3) is 0 Å². The van der Waals surface area contributed by atoms with E-state index in [2.05, 4.69) is 6.07 Å². The van der Waals surface area contributed by atoms with Crippen LogP contribution in [0.3, 0.4) is 0 Å². The number of halogens is 1. The van der Waals surface area contributed by atoms with E-state index in [0.717, 1.165) is 31.6 Å². The first kappa shape index (κ1) is 12.8. The second-order valence-corrected chi connectivity index (χ2v) is 6.17. The first-order valence-corrected chi connectivity index (χ1v) is 7.23. The van der Waals surface area contributed by atoms with Crippen LogP contribution in [0.2, 0.25) is 0 Å². The van der Waals surface area contributed by atoms with Gasteiger partial charge in [-0.1, -0.05) is 18.2 Å². The lowest BCUT2D eigenvalue weighted by atomic mass is 9.90. The van der Waals surface area contributed by atoms with Crippen LogP contribution in [0.25, 0.3) is 0 Å². The molecule has 19 heavy (non-hydrogen) atoms. The van der Waals surface area contributed by atoms with Crippen molar-refractivity contribution in [2.45, 2.75) is 37.2 Å². The number of hydrogen-bond donors (Lipinski definition) is 0. The van der Waals surface area contributed by atoms with Crippen molar-refractivity contribution in [3.05, 3.63) is 29.8 Å². The molecule has 1 aromatic rings. The van der Waals surface area contributed by atoms with Gasteiger partial charge in [0, 0.05) is 13.0 Å². The number of rotatable bonds is 1. The molecule has 1 saturated heterocycles. The van der Waals surface area contributed by atoms with E-state index >= 15 is 0 Å². The van der Waals surface area contributed by atoms with E-state index in [1.54, 1.807) is 6.92 Å². The zero-order valence-corrected chi connectivity index (χ0v) is 11.8. The monoisotopic (exact) mass is 279 g/mol. The molecule has 0 radical (unpaired) electrons. The van der Waals surface area contributed by atoms with Crippen molar-refractivity contribution in [3.8, 4) is 5.75 Å². The van der Waals surface area contributed by atoms with Crippen LogP contribution in [-0.2, 0) is 11.2 Å². The van der Waals surface area contributed by atoms with Crippen molar-refractivity contribution >= 4 is 17.5 Å². The highest BCUT2D eigenvalue weighted by Gasteiger charge is 2.44. The number of fused-ring (bicyclic) bond motifs is 1. The third-order valence-electron chi connectivity index (χ3n) is 4.12. The number of aryl methyl sites for hydroxylation is 1. The molecule has 2 aliphatic heterocycles. The molecule has 0 saturated carbocycles. The Kier molecular flexibility index (Phi) is 3.17. The maximum absolute atomic E-state index is 12.0. The maximum Gasteiger partial charge on any atom is 0.240 e. The molecule has 2 unspecified atom stereocenters. The van der Waals surface area contributed by atoms with Crippen molar-refractivity contribution < 1.29 is 9.53 Å². The van der Waals surface area contributed by atoms with E-state index in [4.69, 9.17) is 16.3 Å². The molecule has 1 amide bonds. The third kappa shape index (κ3) is 2.32. The summed E-state index contributed by atoms with van der Waals surface area (Å²) in [6.45, 7) is 3.14. The van der Waals surface area contributed by atoms with Gasteiger partial charge in [-0.15, -0.1) is 11.6 Å². The first-order valence-electron chi connectivity index (χ1n) is 6.79. The number of benzene rings is 1. The fraction of sp³-hybridized carbons (Fsp3) is 0.533. The molecule has 4 heteroatoms. The van der Waals surface area contributed by atoms with E-state index in [1.165, 1.54) is 5.56 Å². The van der Waals surface area contributed by atoms with E-state index in [0.29, 0.717) is 6.54 Å². The van der Waals surface area contributed by atoms with Gasteiger partial charge in [0.15, 0.2) is 0 Å². The average Bonchev–Trinajstić information content (AvgIpc) is 2.81. The SMILES string of the molecule is CC(Cl)C(=O)N1CCC2(CCc3ccccc3O2)C1. The number of carbonyl (C=O) groups excluding carboxylic acids is 1. The number of likely N-dealkylation sites (tertiary alicyclic amines) is 1. The van der Waals surface area contributed by atoms with Gasteiger partial charge in [-0.3, -0.25) is 4.79 Å². The number of ether oxygens (including phenoxy) is 1. The second kappa shape index (κ2) is 4.71. The van der Waals surface area contributed by atoms with Crippen LogP contribution in [0.5, 0.6) is 5.75 Å². The zero-order chi connectivity index (χ0) is 13.5. The topological polar surface area (TPSA) is 29.5 Å². The smallest absolute Gasteiger partial charge is 0.240 e. The predicted octanol–water partition coefficient (Wildman–Crippen LogP) is 2.61. The molecule has 0 bridgehead atoms. The van der Waals surface area contributed by atoms with Crippen molar-refractivity contribution in [1.82, 2.24) is 4.90 Å². The quantitative estimate of drug-likeness (QED) is 0.740. The summed E-state index contributed by atoms with van der Waals surface area (Å²) in [5, 5.41) is -0.453. The molecule has 1 fully saturated rings. The van der Waals surface area contributed by atoms with Gasteiger partial charge in [-0.2, -0.15) is 0 Å². The Bertz CT molecular complexity index is 503. The van der Waals surface area contributed by atoms with E-state index < -0.39 is 5.38 Å². The fourth-order valence-corrected chi connectivity index (χ4v) is 3.17. The van der Waals surface area contributed by atoms with Gasteiger partial charge >= 0.3 is 0 Å². The van der Waals surface area contributed by atoms with Crippen LogP contribution in [0.15, 0.2) is 24.3 Å². The minimum atomic E-state index is -0.453. The molecule has 2 atom stereocenters. The molecule has 3 nitrogen and oxygen atoms in total. The van der Waals surface area contributed by atoms with Crippen molar-refractivity contribution in [1.29, 1.82) is 0 Å². The van der Waals surface area contributed by atoms with Crippen LogP contribution in [0.1, 0.15) is 25.3 Å². The number of para-hydroxylation sites is 1. The second-order valence-electron chi connectivity index (χ2n) is 5.52. The Morgan fingerprint density at radius 2 is 2.21 bits per heavy atom. The third-order valence-corrected chi connectivity index (χ3v) is 4.30. The molecular weight excluding hydrogens is 262 g/mol. The Labute approximate surface area is 118 Å². The largest absolute Gasteiger partial charge is 0.485 e. The van der Waals surface area contributed by atoms with Crippen molar-refractivity contribution in [2.75, 3.05) is 13.1 Å². The highest BCUT2D eigenvalue weighted by atomic mass is 35.5. The van der Waals surface area contributed by atoms with Crippen LogP contribution in [-0.4, -0.2) is 34.9 Å². The molecule has 2 aliphatic rings. The highest BCUT2D eigenvalue weighted by Crippen LogP contribution is 2.38. The van der Waals surface area contributed by atoms with Crippen molar-refractivity contribution in [3.63, 3.8) is 0 Å². The molecule has 0 aliphatic carbocycles. The number of hydrogen-bond acceptors (Lipinski definition) is 2. The molecular formula is C15H18ClNO2. The number of alkyl halides is 1. The van der Waals surface area contributed by atoms with Gasteiger partial charge in [-0.25, -0.2) is 0 Å². The lowest BCUT2D eigenvalue weighted by Gasteiger charge is -2.35. The normalized spacial score (nSPS) is 26.9. The van der Waals surface area contributed by atoms with Gasteiger partial charge in [0.2, 0.25) is 5.91 Å². The highest BCUT2D eigenvalue weighted by molar-refractivity contribution is 6.30. The lowest BCUT2D eigenvalue weighted by molar-refractivity contribution is -0.130. The van der Waals surface area contributed by atoms with E-state index in [9.17, 15) is 4.79 Å². The van der Waals surface area contributed by atoms with Crippen LogP contribution in [0, 0.1) is 0 Å². The van der Waals surface area contributed by atoms with Crippen LogP contribution in [0.4, 0.5) is 0 Å². The van der Waals surface area contributed by atoms with E-state index in [1.807, 2.05) is 23.1 Å². The average molecular weight is 280 g/mol. The summed E-state index contributed by atoms with van der Waals surface area (Å²) in [5.41, 5.74) is 1.07. The standard InChI is InChI=1S/C15H18ClNO2/c1-11(16)14(18)17-9-8-15(10-17)7-6-12-4-2-3-5-13(12)19-15/h2-5,11H,6-10H2,1H3. The Morgan fingerprint density at radius 3 is 3.00 bits per heavy atom. The molecule has 3 rings (SSSR count). The predicted molar refractivity (Wildman–Crippen MR) is 74.6 cm³/mol. The Balaban J connectivity index is 1.76. The summed E-state index contributed by atoms with van der Waals surface area (Å²) in [4.78, 5) is 13.8. The van der Waals surface area contributed by atoms with Gasteiger partial charge < -0.3 is 9.64 Å². The summed E-state index contributed by atoms with van der Waals surface area (Å²) >= 11 is 5.88. The molecule has 102 valence electrons. The summed E-state index contributed by atoms with van der Waals surface area (Å²) in [6, 6.07) is 8.17. The summed E-state index contributed by atoms with van der Waals surface area (Å²) in [5.74, 6) is 0.989. The summed E-state index contributed by atoms with van der Waals surface area (Å²) in [7, 11) is 0. The summed E-state index contributed by atoms with van der Waals surface area (Å²) in [6.07, 6.45) is 2.90. The van der Waals surface area contributed by atoms with Gasteiger partial charge in [0.05, 0.1) is 6.54 Å². The molecule has 1 aromatic carbocycles. The molecule has 1 spiro atoms. The van der Waals surface area contributed by atoms with Gasteiger partial charge in [-0.05, 0) is 31.4 Å². The zero-order valence-electron chi connectivity index (χ0n) is 11.1. The minimum Gasteiger partial charge on any atom is -0.485 e. The van der Waals surface area contributed by atoms with Crippen LogP contribution < -0.4 is 4.74 Å². The molecule has 0 aromatic heterocycles. The van der Waals surface area contributed by atoms with Crippen LogP contribution >= 0.6 is 11.6 Å². The molecule has 2 heterocycles. The number of amides is 1. The fourth-order valence-electron chi connectivity index (χ4n) is 3.03. The minimum absolute atomic E-state index is 0.0148. The van der Waals surface area contributed by atoms with Gasteiger partial charge in [0.1, 0.15) is 16.7 Å².